The van der Waals surface area contributed by atoms with Crippen molar-refractivity contribution in [2.45, 2.75) is 68.2 Å². The molecule has 0 radical (unpaired) electrons. The van der Waals surface area contributed by atoms with Gasteiger partial charge in [-0.15, -0.1) is 0 Å². The van der Waals surface area contributed by atoms with Crippen LogP contribution >= 0.6 is 0 Å². The molecule has 0 spiro atoms. The Hall–Kier alpha value is -1.66. The minimum atomic E-state index is -3.55. The first kappa shape index (κ1) is 25.0. The predicted molar refractivity (Wildman–Crippen MR) is 129 cm³/mol. The van der Waals surface area contributed by atoms with E-state index in [1.807, 2.05) is 19.9 Å². The monoisotopic (exact) mass is 523 g/mol. The number of carbonyl (C=O) groups is 1. The molecule has 3 rings (SSSR count). The van der Waals surface area contributed by atoms with Crippen LogP contribution in [0.5, 0.6) is 0 Å². The third-order valence-corrected chi connectivity index (χ3v) is 10.4. The summed E-state index contributed by atoms with van der Waals surface area (Å²) in [5.74, 6) is -0.367. The molecular formula is C25H33NO4SSe. The van der Waals surface area contributed by atoms with Gasteiger partial charge in [0.15, 0.2) is 0 Å². The minimum absolute atomic E-state index is 0.0792. The molecule has 0 aliphatic heterocycles. The molecule has 0 heterocycles. The SMILES string of the molecule is CCCN(CCC)S(=O)(=O)c1ccc(C(=O)OC2CCCCC2[Se]c2ccccc2)cc1. The molecule has 0 N–H and O–H groups in total. The van der Waals surface area contributed by atoms with Crippen molar-refractivity contribution in [3.8, 4) is 0 Å². The van der Waals surface area contributed by atoms with E-state index in [1.54, 1.807) is 12.1 Å². The van der Waals surface area contributed by atoms with Gasteiger partial charge in [0.2, 0.25) is 0 Å². The van der Waals surface area contributed by atoms with Crippen molar-refractivity contribution in [2.24, 2.45) is 0 Å². The number of ether oxygens (including phenoxy) is 1. The Morgan fingerprint density at radius 2 is 1.59 bits per heavy atom. The van der Waals surface area contributed by atoms with Gasteiger partial charge in [-0.25, -0.2) is 0 Å². The second-order valence-electron chi connectivity index (χ2n) is 8.13. The van der Waals surface area contributed by atoms with Crippen LogP contribution in [0.25, 0.3) is 0 Å². The van der Waals surface area contributed by atoms with Crippen LogP contribution in [0, 0.1) is 0 Å². The van der Waals surface area contributed by atoms with Crippen molar-refractivity contribution >= 4 is 35.4 Å². The summed E-state index contributed by atoms with van der Waals surface area (Å²) >= 11 is 0.257. The molecule has 0 bridgehead atoms. The fourth-order valence-corrected chi connectivity index (χ4v) is 8.31. The van der Waals surface area contributed by atoms with E-state index in [-0.39, 0.29) is 31.9 Å². The van der Waals surface area contributed by atoms with Crippen LogP contribution in [0.4, 0.5) is 0 Å². The van der Waals surface area contributed by atoms with E-state index in [4.69, 9.17) is 4.74 Å². The van der Waals surface area contributed by atoms with Gasteiger partial charge in [0.05, 0.1) is 0 Å². The van der Waals surface area contributed by atoms with Crippen LogP contribution in [-0.2, 0) is 14.8 Å². The number of benzene rings is 2. The third-order valence-electron chi connectivity index (χ3n) is 5.60. The Morgan fingerprint density at radius 1 is 0.969 bits per heavy atom. The number of hydrogen-bond donors (Lipinski definition) is 0. The van der Waals surface area contributed by atoms with E-state index < -0.39 is 10.0 Å². The van der Waals surface area contributed by atoms with Crippen molar-refractivity contribution in [1.82, 2.24) is 4.31 Å². The number of rotatable bonds is 10. The first-order valence-corrected chi connectivity index (χ1v) is 14.8. The van der Waals surface area contributed by atoms with E-state index >= 15 is 0 Å². The average Bonchev–Trinajstić information content (AvgIpc) is 2.81. The molecule has 1 saturated carbocycles. The van der Waals surface area contributed by atoms with Gasteiger partial charge in [-0.05, 0) is 0 Å². The maximum atomic E-state index is 12.9. The fraction of sp³-hybridized carbons (Fsp3) is 0.480. The number of esters is 1. The van der Waals surface area contributed by atoms with Gasteiger partial charge in [0, 0.05) is 0 Å². The summed E-state index contributed by atoms with van der Waals surface area (Å²) in [6, 6.07) is 16.6. The molecule has 2 aromatic rings. The second kappa shape index (κ2) is 12.0. The Labute approximate surface area is 198 Å². The van der Waals surface area contributed by atoms with E-state index in [9.17, 15) is 13.2 Å². The van der Waals surface area contributed by atoms with E-state index in [1.165, 1.54) is 27.3 Å². The number of hydrogen-bond acceptors (Lipinski definition) is 4. The summed E-state index contributed by atoms with van der Waals surface area (Å²) in [5, 5.41) is 0. The molecule has 7 heteroatoms. The second-order valence-corrected chi connectivity index (χ2v) is 12.8. The molecule has 174 valence electrons. The summed E-state index contributed by atoms with van der Waals surface area (Å²) in [6.45, 7) is 4.92. The topological polar surface area (TPSA) is 63.7 Å². The molecule has 0 amide bonds. The zero-order chi connectivity index (χ0) is 23.0. The molecule has 32 heavy (non-hydrogen) atoms. The van der Waals surface area contributed by atoms with Crippen molar-refractivity contribution in [3.05, 3.63) is 60.2 Å². The number of carbonyl (C=O) groups excluding carboxylic acids is 1. The average molecular weight is 523 g/mol. The van der Waals surface area contributed by atoms with Crippen molar-refractivity contribution in [2.75, 3.05) is 13.1 Å². The van der Waals surface area contributed by atoms with Crippen LogP contribution in [-0.4, -0.2) is 52.8 Å². The molecule has 1 fully saturated rings. The van der Waals surface area contributed by atoms with Gasteiger partial charge < -0.3 is 0 Å². The van der Waals surface area contributed by atoms with Crippen molar-refractivity contribution in [1.29, 1.82) is 0 Å². The van der Waals surface area contributed by atoms with Crippen molar-refractivity contribution < 1.29 is 17.9 Å². The Bertz CT molecular complexity index is 957. The van der Waals surface area contributed by atoms with Gasteiger partial charge in [-0.3, -0.25) is 0 Å². The first-order valence-electron chi connectivity index (χ1n) is 11.5. The quantitative estimate of drug-likeness (QED) is 0.343. The summed E-state index contributed by atoms with van der Waals surface area (Å²) in [7, 11) is -3.55. The van der Waals surface area contributed by atoms with Crippen LogP contribution in [0.15, 0.2) is 59.5 Å². The molecule has 1 aliphatic carbocycles. The molecule has 0 aromatic heterocycles. The van der Waals surface area contributed by atoms with E-state index in [2.05, 4.69) is 24.3 Å². The molecular weight excluding hydrogens is 489 g/mol. The number of sulfonamides is 1. The Morgan fingerprint density at radius 3 is 2.22 bits per heavy atom. The number of nitrogens with zero attached hydrogens (tertiary/aromatic N) is 1. The predicted octanol–water partition coefficient (Wildman–Crippen LogP) is 4.41. The summed E-state index contributed by atoms with van der Waals surface area (Å²) in [4.78, 5) is 13.4. The van der Waals surface area contributed by atoms with Gasteiger partial charge >= 0.3 is 185 Å². The van der Waals surface area contributed by atoms with Crippen LogP contribution in [0.2, 0.25) is 4.82 Å². The van der Waals surface area contributed by atoms with Crippen molar-refractivity contribution in [3.63, 3.8) is 0 Å². The van der Waals surface area contributed by atoms with E-state index in [0.29, 0.717) is 23.5 Å². The van der Waals surface area contributed by atoms with Gasteiger partial charge in [0.1, 0.15) is 0 Å². The summed E-state index contributed by atoms with van der Waals surface area (Å²) in [6.07, 6.45) is 5.65. The zero-order valence-electron chi connectivity index (χ0n) is 18.9. The molecule has 2 atom stereocenters. The van der Waals surface area contributed by atoms with Gasteiger partial charge in [0.25, 0.3) is 0 Å². The van der Waals surface area contributed by atoms with Crippen LogP contribution < -0.4 is 4.46 Å². The Balaban J connectivity index is 1.68. The van der Waals surface area contributed by atoms with Gasteiger partial charge in [-0.2, -0.15) is 0 Å². The molecule has 5 nitrogen and oxygen atoms in total. The third kappa shape index (κ3) is 6.44. The molecule has 1 aliphatic rings. The normalized spacial score (nSPS) is 19.1. The van der Waals surface area contributed by atoms with Crippen LogP contribution in [0.3, 0.4) is 0 Å². The zero-order valence-corrected chi connectivity index (χ0v) is 21.4. The fourth-order valence-electron chi connectivity index (χ4n) is 3.97. The standard InChI is InChI=1S/C25H33NO4SSe/c1-3-18-26(19-4-2)31(28,29)21-16-14-20(15-17-21)25(27)30-23-12-8-9-13-24(23)32-22-10-6-5-7-11-22/h5-7,10-11,14-17,23-24H,3-4,8-9,12-13,18-19H2,1-2H3. The Kier molecular flexibility index (Phi) is 9.35. The molecule has 0 saturated heterocycles. The first-order chi connectivity index (χ1) is 15.5. The van der Waals surface area contributed by atoms with Gasteiger partial charge in [-0.1, -0.05) is 13.8 Å². The molecule has 2 unspecified atom stereocenters. The van der Waals surface area contributed by atoms with Crippen LogP contribution in [0.1, 0.15) is 62.7 Å². The van der Waals surface area contributed by atoms with E-state index in [0.717, 1.165) is 32.1 Å². The summed E-state index contributed by atoms with van der Waals surface area (Å²) < 4.78 is 34.6. The maximum absolute atomic E-state index is 12.9. The molecule has 2 aromatic carbocycles. The summed E-state index contributed by atoms with van der Waals surface area (Å²) in [5.41, 5.74) is 0.401.